The Labute approximate surface area is 136 Å². The number of nitriles is 1. The molecule has 0 saturated carbocycles. The van der Waals surface area contributed by atoms with E-state index >= 15 is 0 Å². The Bertz CT molecular complexity index is 438. The summed E-state index contributed by atoms with van der Waals surface area (Å²) in [4.78, 5) is 23.0. The number of hydrogen-bond donors (Lipinski definition) is 3. The number of alkyl carbamates (subject to hydrolysis) is 1. The van der Waals surface area contributed by atoms with E-state index in [0.717, 1.165) is 0 Å². The maximum atomic E-state index is 11.6. The molecule has 0 rings (SSSR count). The quantitative estimate of drug-likeness (QED) is 0.269. The van der Waals surface area contributed by atoms with E-state index in [1.807, 2.05) is 0 Å². The van der Waals surface area contributed by atoms with Crippen LogP contribution < -0.4 is 16.0 Å². The van der Waals surface area contributed by atoms with Gasteiger partial charge in [0.25, 0.3) is 5.91 Å². The van der Waals surface area contributed by atoms with Gasteiger partial charge in [-0.25, -0.2) is 4.79 Å². The second kappa shape index (κ2) is 10.7. The third-order valence-corrected chi connectivity index (χ3v) is 2.41. The van der Waals surface area contributed by atoms with Crippen LogP contribution in [0.5, 0.6) is 0 Å². The van der Waals surface area contributed by atoms with E-state index in [1.165, 1.54) is 6.20 Å². The number of rotatable bonds is 8. The summed E-state index contributed by atoms with van der Waals surface area (Å²) in [7, 11) is 0. The summed E-state index contributed by atoms with van der Waals surface area (Å²) >= 11 is 5.49. The van der Waals surface area contributed by atoms with Crippen LogP contribution in [0.25, 0.3) is 0 Å². The van der Waals surface area contributed by atoms with Gasteiger partial charge < -0.3 is 20.7 Å². The molecule has 124 valence electrons. The van der Waals surface area contributed by atoms with E-state index in [2.05, 4.69) is 16.0 Å². The third-order valence-electron chi connectivity index (χ3n) is 2.14. The lowest BCUT2D eigenvalue weighted by Crippen LogP contribution is -2.35. The van der Waals surface area contributed by atoms with Gasteiger partial charge in [-0.1, -0.05) is 0 Å². The molecule has 0 radical (unpaired) electrons. The molecular formula is C14H23ClN4O3. The third kappa shape index (κ3) is 10.8. The lowest BCUT2D eigenvalue weighted by Gasteiger charge is -2.19. The second-order valence-corrected chi connectivity index (χ2v) is 5.73. The number of alkyl halides is 1. The molecule has 0 bridgehead atoms. The van der Waals surface area contributed by atoms with Crippen molar-refractivity contribution in [2.45, 2.75) is 32.8 Å². The number of ether oxygens (including phenoxy) is 1. The summed E-state index contributed by atoms with van der Waals surface area (Å²) < 4.78 is 5.06. The molecule has 0 aromatic heterocycles. The van der Waals surface area contributed by atoms with Crippen LogP contribution in [0.3, 0.4) is 0 Å². The first-order valence-corrected chi connectivity index (χ1v) is 7.48. The fourth-order valence-corrected chi connectivity index (χ4v) is 1.37. The van der Waals surface area contributed by atoms with Gasteiger partial charge in [0.1, 0.15) is 17.2 Å². The minimum Gasteiger partial charge on any atom is -0.444 e. The van der Waals surface area contributed by atoms with Gasteiger partial charge in [-0.15, -0.1) is 11.6 Å². The van der Waals surface area contributed by atoms with Crippen LogP contribution in [0.15, 0.2) is 11.8 Å². The van der Waals surface area contributed by atoms with Crippen LogP contribution >= 0.6 is 11.6 Å². The first-order chi connectivity index (χ1) is 10.3. The highest BCUT2D eigenvalue weighted by molar-refractivity contribution is 6.17. The molecule has 0 aromatic rings. The highest BCUT2D eigenvalue weighted by Gasteiger charge is 2.15. The van der Waals surface area contributed by atoms with Crippen molar-refractivity contribution in [3.63, 3.8) is 0 Å². The van der Waals surface area contributed by atoms with Crippen molar-refractivity contribution < 1.29 is 14.3 Å². The number of carbonyl (C=O) groups is 2. The normalized spacial score (nSPS) is 11.3. The van der Waals surface area contributed by atoms with Gasteiger partial charge in [0.15, 0.2) is 0 Å². The second-order valence-electron chi connectivity index (χ2n) is 5.35. The Kier molecular flexibility index (Phi) is 9.79. The molecule has 7 nitrogen and oxygen atoms in total. The van der Waals surface area contributed by atoms with Crippen LogP contribution in [-0.2, 0) is 9.53 Å². The molecule has 0 aliphatic carbocycles. The molecule has 0 aliphatic rings. The zero-order valence-electron chi connectivity index (χ0n) is 13.2. The summed E-state index contributed by atoms with van der Waals surface area (Å²) in [5, 5.41) is 16.8. The SMILES string of the molecule is CC(C)(C)OC(=O)NCCN/C=C(/C#N)C(=O)NCCCCl. The topological polar surface area (TPSA) is 103 Å². The monoisotopic (exact) mass is 330 g/mol. The first-order valence-electron chi connectivity index (χ1n) is 6.95. The molecule has 0 spiro atoms. The highest BCUT2D eigenvalue weighted by Crippen LogP contribution is 2.05. The number of nitrogens with zero attached hydrogens (tertiary/aromatic N) is 1. The van der Waals surface area contributed by atoms with E-state index in [9.17, 15) is 9.59 Å². The molecule has 8 heteroatoms. The zero-order chi connectivity index (χ0) is 17.0. The number of halogens is 1. The highest BCUT2D eigenvalue weighted by atomic mass is 35.5. The van der Waals surface area contributed by atoms with Gasteiger partial charge >= 0.3 is 6.09 Å². The Morgan fingerprint density at radius 2 is 1.91 bits per heavy atom. The van der Waals surface area contributed by atoms with Gasteiger partial charge in [0.05, 0.1) is 0 Å². The van der Waals surface area contributed by atoms with Crippen LogP contribution in [0.2, 0.25) is 0 Å². The average molecular weight is 331 g/mol. The van der Waals surface area contributed by atoms with Crippen molar-refractivity contribution in [1.29, 1.82) is 5.26 Å². The predicted molar refractivity (Wildman–Crippen MR) is 84.3 cm³/mol. The largest absolute Gasteiger partial charge is 0.444 e. The van der Waals surface area contributed by atoms with E-state index in [-0.39, 0.29) is 5.57 Å². The smallest absolute Gasteiger partial charge is 0.407 e. The molecular weight excluding hydrogens is 308 g/mol. The van der Waals surface area contributed by atoms with E-state index in [4.69, 9.17) is 21.6 Å². The fraction of sp³-hybridized carbons (Fsp3) is 0.643. The summed E-state index contributed by atoms with van der Waals surface area (Å²) in [6.07, 6.45) is 1.43. The van der Waals surface area contributed by atoms with Crippen LogP contribution in [-0.4, -0.2) is 43.1 Å². The van der Waals surface area contributed by atoms with Crippen molar-refractivity contribution in [2.24, 2.45) is 0 Å². The number of hydrogen-bond acceptors (Lipinski definition) is 5. The van der Waals surface area contributed by atoms with Crippen LogP contribution in [0.4, 0.5) is 4.79 Å². The van der Waals surface area contributed by atoms with Crippen molar-refractivity contribution in [3.05, 3.63) is 11.8 Å². The molecule has 0 fully saturated rings. The van der Waals surface area contributed by atoms with Gasteiger partial charge in [0.2, 0.25) is 0 Å². The maximum absolute atomic E-state index is 11.6. The molecule has 22 heavy (non-hydrogen) atoms. The lowest BCUT2D eigenvalue weighted by molar-refractivity contribution is -0.117. The van der Waals surface area contributed by atoms with Crippen LogP contribution in [0.1, 0.15) is 27.2 Å². The van der Waals surface area contributed by atoms with E-state index < -0.39 is 17.6 Å². The number of nitrogens with one attached hydrogen (secondary N) is 3. The van der Waals surface area contributed by atoms with Crippen molar-refractivity contribution in [2.75, 3.05) is 25.5 Å². The van der Waals surface area contributed by atoms with Gasteiger partial charge in [0, 0.05) is 31.7 Å². The van der Waals surface area contributed by atoms with E-state index in [0.29, 0.717) is 31.9 Å². The lowest BCUT2D eigenvalue weighted by atomic mass is 10.2. The Hall–Kier alpha value is -1.94. The predicted octanol–water partition coefficient (Wildman–Crippen LogP) is 1.25. The van der Waals surface area contributed by atoms with Gasteiger partial charge in [-0.3, -0.25) is 4.79 Å². The van der Waals surface area contributed by atoms with E-state index in [1.54, 1.807) is 26.8 Å². The molecule has 0 aliphatic heterocycles. The first kappa shape index (κ1) is 20.1. The Morgan fingerprint density at radius 1 is 1.23 bits per heavy atom. The zero-order valence-corrected chi connectivity index (χ0v) is 13.9. The molecule has 0 heterocycles. The Morgan fingerprint density at radius 3 is 2.45 bits per heavy atom. The van der Waals surface area contributed by atoms with Crippen LogP contribution in [0, 0.1) is 11.3 Å². The standard InChI is InChI=1S/C14H23ClN4O3/c1-14(2,3)22-13(21)19-8-7-17-10-11(9-16)12(20)18-6-4-5-15/h10,17H,4-8H2,1-3H3,(H,18,20)(H,19,21)/b11-10-. The summed E-state index contributed by atoms with van der Waals surface area (Å²) in [6, 6.07) is 1.80. The Balaban J connectivity index is 4.01. The summed E-state index contributed by atoms with van der Waals surface area (Å²) in [5.74, 6) is -0.0132. The average Bonchev–Trinajstić information content (AvgIpc) is 2.41. The minimum atomic E-state index is -0.549. The van der Waals surface area contributed by atoms with Crippen molar-refractivity contribution >= 4 is 23.6 Å². The summed E-state index contributed by atoms with van der Waals surface area (Å²) in [6.45, 7) is 6.40. The van der Waals surface area contributed by atoms with Gasteiger partial charge in [-0.05, 0) is 27.2 Å². The minimum absolute atomic E-state index is 0.0353. The van der Waals surface area contributed by atoms with Crippen molar-refractivity contribution in [3.8, 4) is 6.07 Å². The molecule has 2 amide bonds. The molecule has 0 saturated heterocycles. The molecule has 0 aromatic carbocycles. The molecule has 3 N–H and O–H groups in total. The molecule has 0 atom stereocenters. The maximum Gasteiger partial charge on any atom is 0.407 e. The van der Waals surface area contributed by atoms with Crippen molar-refractivity contribution in [1.82, 2.24) is 16.0 Å². The molecule has 0 unspecified atom stereocenters. The van der Waals surface area contributed by atoms with Gasteiger partial charge in [-0.2, -0.15) is 5.26 Å². The summed E-state index contributed by atoms with van der Waals surface area (Å²) in [5.41, 5.74) is -0.584. The fourth-order valence-electron chi connectivity index (χ4n) is 1.24. The number of carbonyl (C=O) groups excluding carboxylic acids is 2. The number of amides is 2.